The molecule has 6 heteroatoms. The standard InChI is InChI=1S/C17H22FNO4/c1-12-5-2-3-8-15(12)19-16(20)10-23-17(21)11-22-14-7-4-6-13(18)9-14/h4,6-7,9,12,15H,2-3,5,8,10-11H2,1H3,(H,19,20)/t12-,15-/m1/s1. The van der Waals surface area contributed by atoms with Crippen molar-refractivity contribution in [1.29, 1.82) is 0 Å². The number of nitrogens with one attached hydrogen (secondary N) is 1. The van der Waals surface area contributed by atoms with Gasteiger partial charge in [0.1, 0.15) is 11.6 Å². The van der Waals surface area contributed by atoms with Crippen LogP contribution in [-0.4, -0.2) is 31.1 Å². The lowest BCUT2D eigenvalue weighted by atomic mass is 9.86. The van der Waals surface area contributed by atoms with Gasteiger partial charge in [0.25, 0.3) is 5.91 Å². The van der Waals surface area contributed by atoms with Crippen LogP contribution in [0.25, 0.3) is 0 Å². The summed E-state index contributed by atoms with van der Waals surface area (Å²) in [5.41, 5.74) is 0. The second-order valence-electron chi connectivity index (χ2n) is 5.84. The minimum atomic E-state index is -0.666. The molecule has 126 valence electrons. The van der Waals surface area contributed by atoms with E-state index in [0.717, 1.165) is 19.3 Å². The molecule has 1 aliphatic rings. The van der Waals surface area contributed by atoms with E-state index in [9.17, 15) is 14.0 Å². The van der Waals surface area contributed by atoms with Gasteiger partial charge in [-0.15, -0.1) is 0 Å². The van der Waals surface area contributed by atoms with Gasteiger partial charge in [-0.3, -0.25) is 4.79 Å². The Hall–Kier alpha value is -2.11. The quantitative estimate of drug-likeness (QED) is 0.817. The van der Waals surface area contributed by atoms with Crippen molar-refractivity contribution in [2.24, 2.45) is 5.92 Å². The van der Waals surface area contributed by atoms with E-state index in [-0.39, 0.29) is 30.9 Å². The Morgan fingerprint density at radius 2 is 2.04 bits per heavy atom. The molecular weight excluding hydrogens is 301 g/mol. The molecule has 1 aromatic carbocycles. The normalized spacial score (nSPS) is 20.6. The van der Waals surface area contributed by atoms with Crippen molar-refractivity contribution < 1.29 is 23.5 Å². The van der Waals surface area contributed by atoms with E-state index < -0.39 is 11.8 Å². The van der Waals surface area contributed by atoms with Crippen molar-refractivity contribution in [2.45, 2.75) is 38.6 Å². The summed E-state index contributed by atoms with van der Waals surface area (Å²) in [5, 5.41) is 2.90. The predicted molar refractivity (Wildman–Crippen MR) is 82.4 cm³/mol. The summed E-state index contributed by atoms with van der Waals surface area (Å²) in [6, 6.07) is 5.62. The molecule has 1 amide bonds. The van der Waals surface area contributed by atoms with Crippen LogP contribution in [0.5, 0.6) is 5.75 Å². The van der Waals surface area contributed by atoms with Gasteiger partial charge in [0.15, 0.2) is 13.2 Å². The van der Waals surface area contributed by atoms with E-state index in [1.165, 1.54) is 30.7 Å². The molecule has 2 rings (SSSR count). The summed E-state index contributed by atoms with van der Waals surface area (Å²) in [5.74, 6) is -0.733. The minimum absolute atomic E-state index is 0.151. The summed E-state index contributed by atoms with van der Waals surface area (Å²) in [6.07, 6.45) is 4.37. The van der Waals surface area contributed by atoms with Gasteiger partial charge in [-0.2, -0.15) is 0 Å². The van der Waals surface area contributed by atoms with Crippen LogP contribution >= 0.6 is 0 Å². The van der Waals surface area contributed by atoms with Crippen LogP contribution in [0, 0.1) is 11.7 Å². The van der Waals surface area contributed by atoms with Crippen LogP contribution < -0.4 is 10.1 Å². The molecular formula is C17H22FNO4. The number of ether oxygens (including phenoxy) is 2. The van der Waals surface area contributed by atoms with E-state index in [1.54, 1.807) is 0 Å². The maximum absolute atomic E-state index is 13.0. The maximum atomic E-state index is 13.0. The topological polar surface area (TPSA) is 64.6 Å². The second kappa shape index (κ2) is 8.50. The smallest absolute Gasteiger partial charge is 0.344 e. The van der Waals surface area contributed by atoms with E-state index in [0.29, 0.717) is 5.92 Å². The second-order valence-corrected chi connectivity index (χ2v) is 5.84. The third kappa shape index (κ3) is 5.88. The summed E-state index contributed by atoms with van der Waals surface area (Å²) in [6.45, 7) is 1.42. The maximum Gasteiger partial charge on any atom is 0.344 e. The fourth-order valence-electron chi connectivity index (χ4n) is 2.67. The van der Waals surface area contributed by atoms with E-state index >= 15 is 0 Å². The number of carbonyl (C=O) groups is 2. The highest BCUT2D eigenvalue weighted by atomic mass is 19.1. The molecule has 0 aromatic heterocycles. The number of carbonyl (C=O) groups excluding carboxylic acids is 2. The summed E-state index contributed by atoms with van der Waals surface area (Å²) in [7, 11) is 0. The van der Waals surface area contributed by atoms with Crippen molar-refractivity contribution in [3.05, 3.63) is 30.1 Å². The Labute approximate surface area is 135 Å². The van der Waals surface area contributed by atoms with Crippen LogP contribution in [0.3, 0.4) is 0 Å². The Kier molecular flexibility index (Phi) is 6.38. The van der Waals surface area contributed by atoms with Crippen molar-refractivity contribution in [1.82, 2.24) is 5.32 Å². The van der Waals surface area contributed by atoms with Crippen LogP contribution in [0.1, 0.15) is 32.6 Å². The predicted octanol–water partition coefficient (Wildman–Crippen LogP) is 2.44. The third-order valence-electron chi connectivity index (χ3n) is 3.97. The highest BCUT2D eigenvalue weighted by Gasteiger charge is 2.23. The van der Waals surface area contributed by atoms with Crippen LogP contribution in [0.2, 0.25) is 0 Å². The number of hydrogen-bond donors (Lipinski definition) is 1. The highest BCUT2D eigenvalue weighted by molar-refractivity contribution is 5.81. The number of benzene rings is 1. The molecule has 0 spiro atoms. The van der Waals surface area contributed by atoms with E-state index in [1.807, 2.05) is 0 Å². The van der Waals surface area contributed by atoms with Crippen LogP contribution in [0.4, 0.5) is 4.39 Å². The Bertz CT molecular complexity index is 549. The molecule has 23 heavy (non-hydrogen) atoms. The molecule has 5 nitrogen and oxygen atoms in total. The number of halogens is 1. The lowest BCUT2D eigenvalue weighted by Gasteiger charge is -2.29. The average Bonchev–Trinajstić information content (AvgIpc) is 2.53. The molecule has 0 aliphatic heterocycles. The fourth-order valence-corrected chi connectivity index (χ4v) is 2.67. The largest absolute Gasteiger partial charge is 0.482 e. The lowest BCUT2D eigenvalue weighted by molar-refractivity contribution is -0.150. The number of esters is 1. The van der Waals surface area contributed by atoms with Gasteiger partial charge in [-0.1, -0.05) is 25.8 Å². The van der Waals surface area contributed by atoms with Gasteiger partial charge in [0.05, 0.1) is 0 Å². The zero-order valence-electron chi connectivity index (χ0n) is 13.2. The number of amides is 1. The minimum Gasteiger partial charge on any atom is -0.482 e. The summed E-state index contributed by atoms with van der Waals surface area (Å²) < 4.78 is 22.9. The molecule has 1 aliphatic carbocycles. The molecule has 1 aromatic rings. The average molecular weight is 323 g/mol. The first kappa shape index (κ1) is 17.2. The molecule has 1 saturated carbocycles. The fraction of sp³-hybridized carbons (Fsp3) is 0.529. The first-order chi connectivity index (χ1) is 11.0. The zero-order valence-corrected chi connectivity index (χ0v) is 13.2. The van der Waals surface area contributed by atoms with E-state index in [4.69, 9.17) is 9.47 Å². The Balaban J connectivity index is 1.66. The summed E-state index contributed by atoms with van der Waals surface area (Å²) >= 11 is 0. The van der Waals surface area contributed by atoms with Gasteiger partial charge >= 0.3 is 5.97 Å². The van der Waals surface area contributed by atoms with Crippen molar-refractivity contribution in [3.63, 3.8) is 0 Å². The Morgan fingerprint density at radius 3 is 2.78 bits per heavy atom. The first-order valence-electron chi connectivity index (χ1n) is 7.88. The van der Waals surface area contributed by atoms with Crippen LogP contribution in [0.15, 0.2) is 24.3 Å². The monoisotopic (exact) mass is 323 g/mol. The van der Waals surface area contributed by atoms with Gasteiger partial charge in [-0.25, -0.2) is 9.18 Å². The summed E-state index contributed by atoms with van der Waals surface area (Å²) in [4.78, 5) is 23.3. The molecule has 0 heterocycles. The SMILES string of the molecule is C[C@@H]1CCCC[C@H]1NC(=O)COC(=O)COc1cccc(F)c1. The molecule has 2 atom stereocenters. The van der Waals surface area contributed by atoms with Crippen LogP contribution in [-0.2, 0) is 14.3 Å². The van der Waals surface area contributed by atoms with Gasteiger partial charge in [0, 0.05) is 12.1 Å². The molecule has 0 saturated heterocycles. The van der Waals surface area contributed by atoms with Crippen molar-refractivity contribution in [2.75, 3.05) is 13.2 Å². The van der Waals surface area contributed by atoms with Crippen molar-refractivity contribution in [3.8, 4) is 5.75 Å². The first-order valence-corrected chi connectivity index (χ1v) is 7.88. The van der Waals surface area contributed by atoms with Crippen molar-refractivity contribution >= 4 is 11.9 Å². The van der Waals surface area contributed by atoms with Gasteiger partial charge < -0.3 is 14.8 Å². The molecule has 0 bridgehead atoms. The van der Waals surface area contributed by atoms with Gasteiger partial charge in [0.2, 0.25) is 0 Å². The molecule has 1 fully saturated rings. The molecule has 1 N–H and O–H groups in total. The van der Waals surface area contributed by atoms with E-state index in [2.05, 4.69) is 12.2 Å². The van der Waals surface area contributed by atoms with Gasteiger partial charge in [-0.05, 0) is 30.9 Å². The third-order valence-corrected chi connectivity index (χ3v) is 3.97. The molecule has 0 unspecified atom stereocenters. The molecule has 0 radical (unpaired) electrons. The zero-order chi connectivity index (χ0) is 16.7. The Morgan fingerprint density at radius 1 is 1.26 bits per heavy atom. The highest BCUT2D eigenvalue weighted by Crippen LogP contribution is 2.23. The number of hydrogen-bond acceptors (Lipinski definition) is 4. The number of rotatable bonds is 6. The lowest BCUT2D eigenvalue weighted by Crippen LogP contribution is -2.43.